The Morgan fingerprint density at radius 2 is 2.12 bits per heavy atom. The summed E-state index contributed by atoms with van der Waals surface area (Å²) in [4.78, 5) is 20.3. The zero-order valence-corrected chi connectivity index (χ0v) is 15.4. The first-order valence-electron chi connectivity index (χ1n) is 9.30. The number of H-pyrrole nitrogens is 1. The van der Waals surface area contributed by atoms with E-state index in [2.05, 4.69) is 53.4 Å². The van der Waals surface area contributed by atoms with Gasteiger partial charge in [-0.05, 0) is 53.5 Å². The maximum atomic E-state index is 12.8. The molecule has 26 heavy (non-hydrogen) atoms. The number of hydrogen-bond donors (Lipinski definition) is 2. The van der Waals surface area contributed by atoms with Gasteiger partial charge in [-0.2, -0.15) is 0 Å². The number of benzene rings is 1. The first-order chi connectivity index (χ1) is 12.5. The molecule has 1 aliphatic rings. The first-order valence-corrected chi connectivity index (χ1v) is 9.30. The minimum absolute atomic E-state index is 0.0623. The molecule has 2 aromatic heterocycles. The number of aryl methyl sites for hydroxylation is 1. The maximum Gasteiger partial charge on any atom is 0.224 e. The highest BCUT2D eigenvalue weighted by Gasteiger charge is 2.30. The van der Waals surface area contributed by atoms with Crippen LogP contribution in [0.15, 0.2) is 48.8 Å². The molecule has 0 radical (unpaired) electrons. The number of carbonyl (C=O) groups excluding carboxylic acids is 1. The van der Waals surface area contributed by atoms with Crippen LogP contribution < -0.4 is 5.32 Å². The van der Waals surface area contributed by atoms with Gasteiger partial charge in [-0.25, -0.2) is 4.98 Å². The molecule has 0 unspecified atom stereocenters. The van der Waals surface area contributed by atoms with Crippen molar-refractivity contribution in [3.63, 3.8) is 0 Å². The van der Waals surface area contributed by atoms with E-state index in [0.717, 1.165) is 35.9 Å². The van der Waals surface area contributed by atoms with E-state index in [1.54, 1.807) is 6.20 Å². The van der Waals surface area contributed by atoms with Crippen LogP contribution in [0.25, 0.3) is 11.0 Å². The van der Waals surface area contributed by atoms with Crippen molar-refractivity contribution in [3.05, 3.63) is 65.5 Å². The van der Waals surface area contributed by atoms with Crippen molar-refractivity contribution >= 4 is 16.9 Å². The first kappa shape index (κ1) is 16.8. The summed E-state index contributed by atoms with van der Waals surface area (Å²) < 4.78 is 0. The quantitative estimate of drug-likeness (QED) is 0.693. The summed E-state index contributed by atoms with van der Waals surface area (Å²) in [6, 6.07) is 12.5. The van der Waals surface area contributed by atoms with Gasteiger partial charge in [-0.1, -0.05) is 38.1 Å². The Labute approximate surface area is 154 Å². The van der Waals surface area contributed by atoms with E-state index in [1.807, 2.05) is 18.3 Å². The Hall–Kier alpha value is -2.62. The summed E-state index contributed by atoms with van der Waals surface area (Å²) in [5.74, 6) is 0.0623. The van der Waals surface area contributed by atoms with Gasteiger partial charge in [-0.15, -0.1) is 0 Å². The third-order valence-corrected chi connectivity index (χ3v) is 5.48. The Balaban J connectivity index is 1.56. The summed E-state index contributed by atoms with van der Waals surface area (Å²) in [5, 5.41) is 4.32. The zero-order chi connectivity index (χ0) is 18.1. The van der Waals surface area contributed by atoms with E-state index in [0.29, 0.717) is 6.42 Å². The lowest BCUT2D eigenvalue weighted by Gasteiger charge is -2.27. The highest BCUT2D eigenvalue weighted by atomic mass is 16.1. The van der Waals surface area contributed by atoms with Crippen molar-refractivity contribution in [2.45, 2.75) is 45.6 Å². The molecule has 0 spiro atoms. The molecule has 4 nitrogen and oxygen atoms in total. The molecule has 0 aliphatic heterocycles. The number of nitrogens with zero attached hydrogens (tertiary/aromatic N) is 1. The van der Waals surface area contributed by atoms with Crippen molar-refractivity contribution in [2.24, 2.45) is 5.41 Å². The van der Waals surface area contributed by atoms with Crippen LogP contribution in [0.4, 0.5) is 0 Å². The van der Waals surface area contributed by atoms with Crippen LogP contribution >= 0.6 is 0 Å². The highest BCUT2D eigenvalue weighted by molar-refractivity contribution is 5.87. The third-order valence-electron chi connectivity index (χ3n) is 5.48. The van der Waals surface area contributed by atoms with E-state index < -0.39 is 0 Å². The lowest BCUT2D eigenvalue weighted by atomic mass is 9.83. The van der Waals surface area contributed by atoms with Gasteiger partial charge in [0.1, 0.15) is 5.65 Å². The van der Waals surface area contributed by atoms with Gasteiger partial charge in [0.05, 0.1) is 12.5 Å². The van der Waals surface area contributed by atoms with Gasteiger partial charge in [0, 0.05) is 17.8 Å². The number of rotatable bonds is 3. The van der Waals surface area contributed by atoms with Gasteiger partial charge in [0.2, 0.25) is 5.91 Å². The molecule has 1 atom stereocenters. The minimum atomic E-state index is 0.0623. The van der Waals surface area contributed by atoms with Crippen LogP contribution in [0.2, 0.25) is 0 Å². The molecule has 0 saturated carbocycles. The molecule has 2 N–H and O–H groups in total. The third kappa shape index (κ3) is 3.36. The summed E-state index contributed by atoms with van der Waals surface area (Å²) in [7, 11) is 0. The molecule has 3 aromatic rings. The molecule has 4 heteroatoms. The van der Waals surface area contributed by atoms with Crippen LogP contribution in [0.5, 0.6) is 0 Å². The molecule has 1 aromatic carbocycles. The summed E-state index contributed by atoms with van der Waals surface area (Å²) >= 11 is 0. The molecular weight excluding hydrogens is 322 g/mol. The van der Waals surface area contributed by atoms with Gasteiger partial charge < -0.3 is 10.3 Å². The highest BCUT2D eigenvalue weighted by Crippen LogP contribution is 2.39. The number of aromatic nitrogens is 2. The van der Waals surface area contributed by atoms with Gasteiger partial charge >= 0.3 is 0 Å². The van der Waals surface area contributed by atoms with Crippen LogP contribution in [-0.2, 0) is 17.6 Å². The smallest absolute Gasteiger partial charge is 0.224 e. The molecule has 0 bridgehead atoms. The van der Waals surface area contributed by atoms with Crippen molar-refractivity contribution in [3.8, 4) is 0 Å². The number of fused-ring (bicyclic) bond motifs is 2. The number of aromatic amines is 1. The van der Waals surface area contributed by atoms with Crippen LogP contribution in [-0.4, -0.2) is 15.9 Å². The fourth-order valence-corrected chi connectivity index (χ4v) is 4.05. The molecule has 1 aliphatic carbocycles. The minimum Gasteiger partial charge on any atom is -0.349 e. The van der Waals surface area contributed by atoms with Crippen LogP contribution in [0, 0.1) is 5.41 Å². The molecule has 134 valence electrons. The van der Waals surface area contributed by atoms with E-state index in [4.69, 9.17) is 0 Å². The zero-order valence-electron chi connectivity index (χ0n) is 15.4. The topological polar surface area (TPSA) is 57.8 Å². The Kier molecular flexibility index (Phi) is 4.27. The van der Waals surface area contributed by atoms with Crippen molar-refractivity contribution < 1.29 is 4.79 Å². The maximum absolute atomic E-state index is 12.8. The Morgan fingerprint density at radius 3 is 3.00 bits per heavy atom. The summed E-state index contributed by atoms with van der Waals surface area (Å²) in [6.45, 7) is 4.59. The Morgan fingerprint density at radius 1 is 1.27 bits per heavy atom. The summed E-state index contributed by atoms with van der Waals surface area (Å²) in [6.07, 6.45) is 7.19. The average Bonchev–Trinajstić information content (AvgIpc) is 2.97. The van der Waals surface area contributed by atoms with Crippen molar-refractivity contribution in [2.75, 3.05) is 0 Å². The molecule has 1 amide bonds. The second kappa shape index (κ2) is 6.60. The number of pyridine rings is 1. The predicted molar refractivity (Wildman–Crippen MR) is 104 cm³/mol. The normalized spacial score (nSPS) is 18.9. The largest absolute Gasteiger partial charge is 0.349 e. The number of hydrogen-bond acceptors (Lipinski definition) is 2. The summed E-state index contributed by atoms with van der Waals surface area (Å²) in [5.41, 5.74) is 4.66. The van der Waals surface area contributed by atoms with Crippen molar-refractivity contribution in [1.82, 2.24) is 15.3 Å². The second-order valence-electron chi connectivity index (χ2n) is 8.08. The van der Waals surface area contributed by atoms with Crippen molar-refractivity contribution in [1.29, 1.82) is 0 Å². The van der Waals surface area contributed by atoms with E-state index in [1.165, 1.54) is 11.1 Å². The van der Waals surface area contributed by atoms with Gasteiger partial charge in [0.25, 0.3) is 0 Å². The van der Waals surface area contributed by atoms with Crippen LogP contribution in [0.1, 0.15) is 49.4 Å². The van der Waals surface area contributed by atoms with Crippen LogP contribution in [0.3, 0.4) is 0 Å². The molecule has 0 saturated heterocycles. The standard InChI is InChI=1S/C22H25N3O/c1-22(2)10-9-15-6-3-4-7-17(15)19(13-22)25-20(26)12-16-14-24-21-18(16)8-5-11-23-21/h3-8,11,14,19H,9-10,12-13H2,1-2H3,(H,23,24)(H,25,26)/t19-/m0/s1. The lowest BCUT2D eigenvalue weighted by Crippen LogP contribution is -2.32. The molecule has 2 heterocycles. The second-order valence-corrected chi connectivity index (χ2v) is 8.08. The monoisotopic (exact) mass is 347 g/mol. The molecule has 4 rings (SSSR count). The number of carbonyl (C=O) groups is 1. The SMILES string of the molecule is CC1(C)CCc2ccccc2[C@@H](NC(=O)Cc2c[nH]c3ncccc23)C1. The molecule has 0 fully saturated rings. The predicted octanol–water partition coefficient (Wildman–Crippen LogP) is 4.33. The lowest BCUT2D eigenvalue weighted by molar-refractivity contribution is -0.121. The Bertz CT molecular complexity index is 941. The van der Waals surface area contributed by atoms with E-state index in [-0.39, 0.29) is 17.4 Å². The fraction of sp³-hybridized carbons (Fsp3) is 0.364. The van der Waals surface area contributed by atoms with Gasteiger partial charge in [-0.3, -0.25) is 4.79 Å². The van der Waals surface area contributed by atoms with E-state index in [9.17, 15) is 4.79 Å². The van der Waals surface area contributed by atoms with Gasteiger partial charge in [0.15, 0.2) is 0 Å². The fourth-order valence-electron chi connectivity index (χ4n) is 4.05. The molecular formula is C22H25N3O. The number of amides is 1. The average molecular weight is 347 g/mol. The number of nitrogens with one attached hydrogen (secondary N) is 2. The van der Waals surface area contributed by atoms with E-state index >= 15 is 0 Å².